The lowest BCUT2D eigenvalue weighted by molar-refractivity contribution is 0.432. The van der Waals surface area contributed by atoms with Crippen molar-refractivity contribution < 1.29 is 9.50 Å². The second-order valence-corrected chi connectivity index (χ2v) is 5.33. The van der Waals surface area contributed by atoms with Gasteiger partial charge in [-0.1, -0.05) is 6.07 Å². The molecule has 0 atom stereocenters. The Bertz CT molecular complexity index is 683. The molecule has 0 aliphatic carbocycles. The lowest BCUT2D eigenvalue weighted by atomic mass is 10.2. The Balaban J connectivity index is 2.07. The van der Waals surface area contributed by atoms with Crippen LogP contribution in [0.2, 0.25) is 0 Å². The molecule has 0 unspecified atom stereocenters. The van der Waals surface area contributed by atoms with Crippen LogP contribution in [0.1, 0.15) is 18.1 Å². The van der Waals surface area contributed by atoms with Crippen LogP contribution in [0.5, 0.6) is 5.75 Å². The normalized spacial score (nSPS) is 11.6. The van der Waals surface area contributed by atoms with Crippen molar-refractivity contribution in [3.63, 3.8) is 0 Å². The molecule has 2 rings (SSSR count). The number of guanidine groups is 1. The van der Waals surface area contributed by atoms with Crippen LogP contribution in [0, 0.1) is 5.82 Å². The first-order valence-corrected chi connectivity index (χ1v) is 7.44. The number of halogens is 1. The molecule has 0 aliphatic rings. The predicted molar refractivity (Wildman–Crippen MR) is 87.6 cm³/mol. The zero-order valence-electron chi connectivity index (χ0n) is 13.6. The minimum absolute atomic E-state index is 0.330. The average Bonchev–Trinajstić information content (AvgIpc) is 2.92. The van der Waals surface area contributed by atoms with Crippen molar-refractivity contribution in [1.82, 2.24) is 20.0 Å². The molecular weight excluding hydrogens is 297 g/mol. The molecule has 0 bridgehead atoms. The highest BCUT2D eigenvalue weighted by molar-refractivity contribution is 5.79. The van der Waals surface area contributed by atoms with Gasteiger partial charge in [-0.3, -0.25) is 4.68 Å². The van der Waals surface area contributed by atoms with Crippen molar-refractivity contribution in [1.29, 1.82) is 0 Å². The number of phenolic OH excluding ortho intramolecular Hbond substituents is 1. The molecule has 124 valence electrons. The van der Waals surface area contributed by atoms with E-state index in [4.69, 9.17) is 0 Å². The molecule has 1 aromatic heterocycles. The van der Waals surface area contributed by atoms with Gasteiger partial charge in [0.15, 0.2) is 17.5 Å². The molecule has 0 fully saturated rings. The van der Waals surface area contributed by atoms with Crippen LogP contribution in [-0.4, -0.2) is 39.3 Å². The number of aryl methyl sites for hydroxylation is 1. The number of benzene rings is 1. The highest BCUT2D eigenvalue weighted by Gasteiger charge is 2.08. The zero-order valence-corrected chi connectivity index (χ0v) is 13.6. The maximum atomic E-state index is 13.4. The van der Waals surface area contributed by atoms with E-state index in [0.717, 1.165) is 18.1 Å². The first-order chi connectivity index (χ1) is 11.0. The molecule has 2 N–H and O–H groups in total. The molecule has 1 aromatic carbocycles. The molecule has 7 heteroatoms. The number of hydrogen-bond donors (Lipinski definition) is 2. The molecule has 0 amide bonds. The van der Waals surface area contributed by atoms with E-state index in [0.29, 0.717) is 18.7 Å². The molecule has 2 aromatic rings. The first kappa shape index (κ1) is 16.8. The van der Waals surface area contributed by atoms with Crippen molar-refractivity contribution in [3.05, 3.63) is 47.5 Å². The summed E-state index contributed by atoms with van der Waals surface area (Å²) in [6.07, 6.45) is 3.77. The van der Waals surface area contributed by atoms with E-state index in [9.17, 15) is 9.50 Å². The van der Waals surface area contributed by atoms with E-state index >= 15 is 0 Å². The summed E-state index contributed by atoms with van der Waals surface area (Å²) in [5.74, 6) is -0.255. The largest absolute Gasteiger partial charge is 0.505 e. The maximum Gasteiger partial charge on any atom is 0.194 e. The van der Waals surface area contributed by atoms with Crippen molar-refractivity contribution in [2.24, 2.45) is 12.0 Å². The predicted octanol–water partition coefficient (Wildman–Crippen LogP) is 1.86. The molecule has 0 saturated carbocycles. The van der Waals surface area contributed by atoms with Gasteiger partial charge in [0.05, 0.1) is 12.7 Å². The highest BCUT2D eigenvalue weighted by atomic mass is 19.1. The molecule has 23 heavy (non-hydrogen) atoms. The minimum atomic E-state index is -0.633. The Morgan fingerprint density at radius 2 is 2.22 bits per heavy atom. The van der Waals surface area contributed by atoms with Crippen LogP contribution in [0.25, 0.3) is 0 Å². The zero-order chi connectivity index (χ0) is 16.8. The third-order valence-electron chi connectivity index (χ3n) is 3.30. The van der Waals surface area contributed by atoms with Crippen molar-refractivity contribution in [2.45, 2.75) is 20.0 Å². The quantitative estimate of drug-likeness (QED) is 0.652. The van der Waals surface area contributed by atoms with Crippen molar-refractivity contribution in [3.8, 4) is 5.75 Å². The molecule has 0 saturated heterocycles. The third-order valence-corrected chi connectivity index (χ3v) is 3.30. The Kier molecular flexibility index (Phi) is 5.56. The van der Waals surface area contributed by atoms with Gasteiger partial charge in [-0.05, 0) is 24.6 Å². The van der Waals surface area contributed by atoms with Crippen LogP contribution in [-0.2, 0) is 20.1 Å². The Hall–Kier alpha value is -2.57. The number of aromatic hydroxyl groups is 1. The number of aliphatic imine (C=N–C) groups is 1. The summed E-state index contributed by atoms with van der Waals surface area (Å²) in [5, 5.41) is 16.6. The lowest BCUT2D eigenvalue weighted by Crippen LogP contribution is -2.38. The van der Waals surface area contributed by atoms with E-state index in [1.165, 1.54) is 12.1 Å². The number of phenols is 1. The molecule has 0 aliphatic heterocycles. The van der Waals surface area contributed by atoms with Gasteiger partial charge in [0.1, 0.15) is 0 Å². The lowest BCUT2D eigenvalue weighted by Gasteiger charge is -2.21. The maximum absolute atomic E-state index is 13.4. The van der Waals surface area contributed by atoms with Crippen LogP contribution < -0.4 is 5.32 Å². The SMILES string of the molecule is CCNC(=NCc1ccc(O)c(F)c1)N(C)Cc1cnn(C)c1. The van der Waals surface area contributed by atoms with Gasteiger partial charge in [-0.25, -0.2) is 9.38 Å². The van der Waals surface area contributed by atoms with Gasteiger partial charge in [0.25, 0.3) is 0 Å². The Morgan fingerprint density at radius 3 is 2.83 bits per heavy atom. The fourth-order valence-corrected chi connectivity index (χ4v) is 2.19. The second-order valence-electron chi connectivity index (χ2n) is 5.33. The molecule has 1 heterocycles. The number of nitrogens with zero attached hydrogens (tertiary/aromatic N) is 4. The van der Waals surface area contributed by atoms with Crippen LogP contribution >= 0.6 is 0 Å². The number of nitrogens with one attached hydrogen (secondary N) is 1. The molecule has 0 radical (unpaired) electrons. The second kappa shape index (κ2) is 7.62. The minimum Gasteiger partial charge on any atom is -0.505 e. The van der Waals surface area contributed by atoms with Crippen molar-refractivity contribution >= 4 is 5.96 Å². The third kappa shape index (κ3) is 4.70. The van der Waals surface area contributed by atoms with Gasteiger partial charge < -0.3 is 15.3 Å². The fraction of sp³-hybridized carbons (Fsp3) is 0.375. The van der Waals surface area contributed by atoms with Crippen LogP contribution in [0.3, 0.4) is 0 Å². The summed E-state index contributed by atoms with van der Waals surface area (Å²) < 4.78 is 15.1. The fourth-order valence-electron chi connectivity index (χ4n) is 2.19. The van der Waals surface area contributed by atoms with Crippen LogP contribution in [0.15, 0.2) is 35.6 Å². The summed E-state index contributed by atoms with van der Waals surface area (Å²) in [6.45, 7) is 3.73. The number of rotatable bonds is 5. The van der Waals surface area contributed by atoms with Crippen LogP contribution in [0.4, 0.5) is 4.39 Å². The van der Waals surface area contributed by atoms with E-state index in [1.54, 1.807) is 10.7 Å². The standard InChI is InChI=1S/C16H22FN5O/c1-4-18-16(21(2)10-13-9-20-22(3)11-13)19-8-12-5-6-15(23)14(17)7-12/h5-7,9,11,23H,4,8,10H2,1-3H3,(H,18,19). The van der Waals surface area contributed by atoms with E-state index in [2.05, 4.69) is 15.4 Å². The molecule has 0 spiro atoms. The molecular formula is C16H22FN5O. The Labute approximate surface area is 135 Å². The van der Waals surface area contributed by atoms with Gasteiger partial charge >= 0.3 is 0 Å². The highest BCUT2D eigenvalue weighted by Crippen LogP contribution is 2.16. The van der Waals surface area contributed by atoms with E-state index in [-0.39, 0.29) is 5.75 Å². The van der Waals surface area contributed by atoms with Gasteiger partial charge in [0, 0.05) is 38.9 Å². The van der Waals surface area contributed by atoms with Gasteiger partial charge in [-0.15, -0.1) is 0 Å². The Morgan fingerprint density at radius 1 is 1.43 bits per heavy atom. The smallest absolute Gasteiger partial charge is 0.194 e. The summed E-state index contributed by atoms with van der Waals surface area (Å²) >= 11 is 0. The topological polar surface area (TPSA) is 65.7 Å². The summed E-state index contributed by atoms with van der Waals surface area (Å²) in [4.78, 5) is 6.50. The molecule has 6 nitrogen and oxygen atoms in total. The summed E-state index contributed by atoms with van der Waals surface area (Å²) in [5.41, 5.74) is 1.78. The van der Waals surface area contributed by atoms with E-state index in [1.807, 2.05) is 38.3 Å². The monoisotopic (exact) mass is 319 g/mol. The van der Waals surface area contributed by atoms with Gasteiger partial charge in [0.2, 0.25) is 0 Å². The average molecular weight is 319 g/mol. The van der Waals surface area contributed by atoms with E-state index < -0.39 is 5.82 Å². The summed E-state index contributed by atoms with van der Waals surface area (Å²) in [6, 6.07) is 4.29. The number of hydrogen-bond acceptors (Lipinski definition) is 3. The van der Waals surface area contributed by atoms with Crippen molar-refractivity contribution in [2.75, 3.05) is 13.6 Å². The first-order valence-electron chi connectivity index (χ1n) is 7.44. The number of aromatic nitrogens is 2. The summed E-state index contributed by atoms with van der Waals surface area (Å²) in [7, 11) is 3.81. The van der Waals surface area contributed by atoms with Gasteiger partial charge in [-0.2, -0.15) is 5.10 Å².